The summed E-state index contributed by atoms with van der Waals surface area (Å²) >= 11 is 11.8. The fraction of sp³-hybridized carbons (Fsp3) is 0.375. The number of sulfone groups is 1. The van der Waals surface area contributed by atoms with Crippen molar-refractivity contribution < 1.29 is 45.0 Å². The molecule has 17 heteroatoms. The molecule has 2 rings (SSSR count). The van der Waals surface area contributed by atoms with E-state index in [1.807, 2.05) is 0 Å². The predicted octanol–water partition coefficient (Wildman–Crippen LogP) is 3.15. The Hall–Kier alpha value is -2.25. The van der Waals surface area contributed by atoms with Gasteiger partial charge in [0.15, 0.2) is 16.4 Å². The number of anilines is 1. The molecule has 182 valence electrons. The monoisotopic (exact) mass is 540 g/mol. The molecule has 33 heavy (non-hydrogen) atoms. The SMILES string of the molecule is CN(CC(O)CO)c1c(S(=O)(=O)C(F)(F)F)c(C#N)nn1-c1c(Cl)cc(C(F)(F)F)cc1Cl. The maximum absolute atomic E-state index is 13.3. The molecule has 0 aliphatic heterocycles. The zero-order valence-corrected chi connectivity index (χ0v) is 18.4. The number of halogens is 8. The quantitative estimate of drug-likeness (QED) is 0.540. The van der Waals surface area contributed by atoms with E-state index in [2.05, 4.69) is 5.10 Å². The number of nitriles is 1. The maximum atomic E-state index is 13.3. The number of aromatic nitrogens is 2. The third-order valence-corrected chi connectivity index (χ3v) is 6.21. The minimum atomic E-state index is -6.24. The van der Waals surface area contributed by atoms with Crippen LogP contribution in [0.15, 0.2) is 17.0 Å². The van der Waals surface area contributed by atoms with Crippen LogP contribution in [0.2, 0.25) is 10.0 Å². The molecular formula is C16H12Cl2F6N4O4S. The standard InChI is InChI=1S/C16H12Cl2F6N4O4S/c1-27(5-8(30)6-29)14-13(33(31,32)16(22,23)24)11(4-25)26-28(14)12-9(17)2-7(3-10(12)18)15(19,20)21/h2-3,8,29-30H,5-6H2,1H3. The highest BCUT2D eigenvalue weighted by Gasteiger charge is 2.51. The summed E-state index contributed by atoms with van der Waals surface area (Å²) in [5, 5.41) is 29.9. The van der Waals surface area contributed by atoms with E-state index in [-0.39, 0.29) is 0 Å². The second kappa shape index (κ2) is 9.18. The Morgan fingerprint density at radius 1 is 1.21 bits per heavy atom. The largest absolute Gasteiger partial charge is 0.502 e. The van der Waals surface area contributed by atoms with E-state index >= 15 is 0 Å². The van der Waals surface area contributed by atoms with Gasteiger partial charge in [0.2, 0.25) is 0 Å². The molecular weight excluding hydrogens is 529 g/mol. The highest BCUT2D eigenvalue weighted by Crippen LogP contribution is 2.43. The number of hydrogen-bond donors (Lipinski definition) is 2. The van der Waals surface area contributed by atoms with Crippen molar-refractivity contribution in [2.75, 3.05) is 25.1 Å². The van der Waals surface area contributed by atoms with Crippen LogP contribution in [-0.2, 0) is 16.0 Å². The lowest BCUT2D eigenvalue weighted by atomic mass is 10.2. The number of hydrogen-bond acceptors (Lipinski definition) is 7. The first-order chi connectivity index (χ1) is 15.0. The third kappa shape index (κ3) is 5.14. The second-order valence-corrected chi connectivity index (χ2v) is 9.17. The van der Waals surface area contributed by atoms with E-state index < -0.39 is 78.5 Å². The summed E-state index contributed by atoms with van der Waals surface area (Å²) in [5.41, 5.74) is -9.14. The maximum Gasteiger partial charge on any atom is 0.502 e. The topological polar surface area (TPSA) is 119 Å². The van der Waals surface area contributed by atoms with E-state index in [1.54, 1.807) is 0 Å². The number of likely N-dealkylation sites (N-methyl/N-ethyl adjacent to an activating group) is 1. The highest BCUT2D eigenvalue weighted by atomic mass is 35.5. The Morgan fingerprint density at radius 2 is 1.73 bits per heavy atom. The van der Waals surface area contributed by atoms with Crippen LogP contribution in [0.4, 0.5) is 32.2 Å². The van der Waals surface area contributed by atoms with E-state index in [0.717, 1.165) is 7.05 Å². The van der Waals surface area contributed by atoms with Gasteiger partial charge in [0.1, 0.15) is 11.8 Å². The minimum Gasteiger partial charge on any atom is -0.394 e. The van der Waals surface area contributed by atoms with Crippen molar-refractivity contribution in [1.29, 1.82) is 5.26 Å². The molecule has 1 atom stereocenters. The van der Waals surface area contributed by atoms with Crippen LogP contribution in [0, 0.1) is 11.3 Å². The normalized spacial score (nSPS) is 13.6. The second-order valence-electron chi connectivity index (χ2n) is 6.48. The molecule has 2 N–H and O–H groups in total. The summed E-state index contributed by atoms with van der Waals surface area (Å²) in [6.07, 6.45) is -6.49. The molecule has 0 saturated carbocycles. The van der Waals surface area contributed by atoms with E-state index in [1.165, 1.54) is 6.07 Å². The number of rotatable bonds is 6. The molecule has 1 aromatic carbocycles. The summed E-state index contributed by atoms with van der Waals surface area (Å²) in [6.45, 7) is -1.56. The van der Waals surface area contributed by atoms with Gasteiger partial charge in [0.05, 0.1) is 28.3 Å². The van der Waals surface area contributed by atoms with Crippen molar-refractivity contribution in [2.45, 2.75) is 22.7 Å². The Labute approximate surface area is 192 Å². The van der Waals surface area contributed by atoms with Gasteiger partial charge in [-0.3, -0.25) is 0 Å². The smallest absolute Gasteiger partial charge is 0.394 e. The van der Waals surface area contributed by atoms with Gasteiger partial charge < -0.3 is 15.1 Å². The lowest BCUT2D eigenvalue weighted by Gasteiger charge is -2.25. The van der Waals surface area contributed by atoms with Gasteiger partial charge in [-0.25, -0.2) is 13.1 Å². The third-order valence-electron chi connectivity index (χ3n) is 4.11. The molecule has 1 heterocycles. The van der Waals surface area contributed by atoms with Crippen LogP contribution in [0.25, 0.3) is 5.69 Å². The predicted molar refractivity (Wildman–Crippen MR) is 103 cm³/mol. The minimum absolute atomic E-state index is 0.353. The number of aliphatic hydroxyl groups excluding tert-OH is 2. The first kappa shape index (κ1) is 27.0. The molecule has 0 saturated heterocycles. The summed E-state index contributed by atoms with van der Waals surface area (Å²) in [5.74, 6) is -0.986. The molecule has 0 radical (unpaired) electrons. The number of nitrogens with zero attached hydrogens (tertiary/aromatic N) is 4. The van der Waals surface area contributed by atoms with Gasteiger partial charge in [0, 0.05) is 13.6 Å². The summed E-state index contributed by atoms with van der Waals surface area (Å²) in [6, 6.07) is 1.94. The fourth-order valence-electron chi connectivity index (χ4n) is 2.71. The van der Waals surface area contributed by atoms with Crippen molar-refractivity contribution in [3.05, 3.63) is 33.4 Å². The fourth-order valence-corrected chi connectivity index (χ4v) is 4.42. The van der Waals surface area contributed by atoms with Gasteiger partial charge in [0.25, 0.3) is 9.84 Å². The van der Waals surface area contributed by atoms with Crippen LogP contribution in [0.5, 0.6) is 0 Å². The van der Waals surface area contributed by atoms with Gasteiger partial charge in [-0.05, 0) is 12.1 Å². The molecule has 1 unspecified atom stereocenters. The first-order valence-electron chi connectivity index (χ1n) is 8.38. The molecule has 0 bridgehead atoms. The molecule has 8 nitrogen and oxygen atoms in total. The number of benzene rings is 1. The number of alkyl halides is 6. The highest BCUT2D eigenvalue weighted by molar-refractivity contribution is 7.92. The Balaban J connectivity index is 2.98. The van der Waals surface area contributed by atoms with Gasteiger partial charge in [-0.15, -0.1) is 0 Å². The average Bonchev–Trinajstić information content (AvgIpc) is 3.05. The van der Waals surface area contributed by atoms with E-state index in [9.17, 15) is 45.1 Å². The van der Waals surface area contributed by atoms with Crippen molar-refractivity contribution in [3.63, 3.8) is 0 Å². The van der Waals surface area contributed by atoms with E-state index in [0.29, 0.717) is 21.7 Å². The lowest BCUT2D eigenvalue weighted by molar-refractivity contribution is -0.137. The molecule has 0 aliphatic carbocycles. The van der Waals surface area contributed by atoms with Crippen LogP contribution in [-0.4, -0.2) is 60.2 Å². The Morgan fingerprint density at radius 3 is 2.12 bits per heavy atom. The molecule has 1 aromatic heterocycles. The van der Waals surface area contributed by atoms with Crippen LogP contribution in [0.3, 0.4) is 0 Å². The van der Waals surface area contributed by atoms with Crippen molar-refractivity contribution in [2.24, 2.45) is 0 Å². The van der Waals surface area contributed by atoms with Crippen LogP contribution in [0.1, 0.15) is 11.3 Å². The Bertz CT molecular complexity index is 1180. The van der Waals surface area contributed by atoms with Gasteiger partial charge >= 0.3 is 11.7 Å². The summed E-state index contributed by atoms with van der Waals surface area (Å²) in [7, 11) is -5.26. The van der Waals surface area contributed by atoms with Gasteiger partial charge in [-0.2, -0.15) is 36.7 Å². The average molecular weight is 541 g/mol. The zero-order valence-electron chi connectivity index (χ0n) is 16.1. The Kier molecular flexibility index (Phi) is 7.51. The van der Waals surface area contributed by atoms with Crippen molar-refractivity contribution >= 4 is 38.9 Å². The molecule has 2 aromatic rings. The first-order valence-corrected chi connectivity index (χ1v) is 10.6. The molecule has 0 fully saturated rings. The van der Waals surface area contributed by atoms with Crippen molar-refractivity contribution in [3.8, 4) is 11.8 Å². The molecule has 0 aliphatic rings. The van der Waals surface area contributed by atoms with Crippen molar-refractivity contribution in [1.82, 2.24) is 9.78 Å². The molecule has 0 amide bonds. The van der Waals surface area contributed by atoms with Crippen LogP contribution >= 0.6 is 23.2 Å². The zero-order chi connectivity index (χ0) is 25.5. The van der Waals surface area contributed by atoms with Crippen LogP contribution < -0.4 is 4.90 Å². The number of aliphatic hydroxyl groups is 2. The van der Waals surface area contributed by atoms with E-state index in [4.69, 9.17) is 28.3 Å². The lowest BCUT2D eigenvalue weighted by Crippen LogP contribution is -2.34. The molecule has 0 spiro atoms. The summed E-state index contributed by atoms with van der Waals surface area (Å²) < 4.78 is 104. The summed E-state index contributed by atoms with van der Waals surface area (Å²) in [4.78, 5) is -0.949. The van der Waals surface area contributed by atoms with Gasteiger partial charge in [-0.1, -0.05) is 23.2 Å².